The van der Waals surface area contributed by atoms with Crippen molar-refractivity contribution in [3.05, 3.63) is 134 Å². The summed E-state index contributed by atoms with van der Waals surface area (Å²) in [7, 11) is 0. The minimum absolute atomic E-state index is 1.16. The zero-order valence-corrected chi connectivity index (χ0v) is 21.1. The lowest BCUT2D eigenvalue weighted by atomic mass is 9.93. The summed E-state index contributed by atoms with van der Waals surface area (Å²) in [5.41, 5.74) is 11.4. The van der Waals surface area contributed by atoms with E-state index < -0.39 is 0 Å². The smallest absolute Gasteiger partial charge is 0.0547 e. The lowest BCUT2D eigenvalue weighted by Crippen LogP contribution is -1.93. The molecule has 0 aliphatic heterocycles. The van der Waals surface area contributed by atoms with Crippen molar-refractivity contribution in [2.24, 2.45) is 0 Å². The summed E-state index contributed by atoms with van der Waals surface area (Å²) in [5.74, 6) is 0. The molecular formula is C37H22N2. The van der Waals surface area contributed by atoms with Gasteiger partial charge >= 0.3 is 0 Å². The van der Waals surface area contributed by atoms with Crippen molar-refractivity contribution in [3.63, 3.8) is 0 Å². The fraction of sp³-hybridized carbons (Fsp3) is 0. The molecule has 0 spiro atoms. The van der Waals surface area contributed by atoms with E-state index in [1.807, 2.05) is 12.4 Å². The van der Waals surface area contributed by atoms with Gasteiger partial charge < -0.3 is 4.57 Å². The Bertz CT molecular complexity index is 2240. The number of hydrogen-bond donors (Lipinski definition) is 0. The maximum absolute atomic E-state index is 4.40. The molecule has 0 saturated carbocycles. The van der Waals surface area contributed by atoms with Gasteiger partial charge in [0.1, 0.15) is 0 Å². The summed E-state index contributed by atoms with van der Waals surface area (Å²) in [4.78, 5) is 4.40. The van der Waals surface area contributed by atoms with E-state index in [9.17, 15) is 0 Å². The zero-order valence-electron chi connectivity index (χ0n) is 21.1. The number of fused-ring (bicyclic) bond motifs is 7. The van der Waals surface area contributed by atoms with Gasteiger partial charge in [-0.15, -0.1) is 0 Å². The minimum atomic E-state index is 1.16. The van der Waals surface area contributed by atoms with E-state index in [2.05, 4.69) is 131 Å². The highest BCUT2D eigenvalue weighted by Gasteiger charge is 2.22. The topological polar surface area (TPSA) is 17.8 Å². The molecule has 180 valence electrons. The van der Waals surface area contributed by atoms with E-state index in [0.29, 0.717) is 0 Å². The van der Waals surface area contributed by atoms with Gasteiger partial charge in [0.25, 0.3) is 0 Å². The molecule has 0 fully saturated rings. The molecule has 2 heteroatoms. The van der Waals surface area contributed by atoms with Crippen LogP contribution in [0.3, 0.4) is 0 Å². The second-order valence-electron chi connectivity index (χ2n) is 10.4. The van der Waals surface area contributed by atoms with E-state index in [1.54, 1.807) is 0 Å². The second kappa shape index (κ2) is 7.66. The highest BCUT2D eigenvalue weighted by Crippen LogP contribution is 2.49. The highest BCUT2D eigenvalue weighted by atomic mass is 15.0. The van der Waals surface area contributed by atoms with Gasteiger partial charge in [0, 0.05) is 34.2 Å². The Morgan fingerprint density at radius 2 is 1.21 bits per heavy atom. The van der Waals surface area contributed by atoms with Crippen LogP contribution in [-0.2, 0) is 0 Å². The Morgan fingerprint density at radius 1 is 0.462 bits per heavy atom. The lowest BCUT2D eigenvalue weighted by molar-refractivity contribution is 1.18. The van der Waals surface area contributed by atoms with E-state index in [0.717, 1.165) is 5.39 Å². The maximum atomic E-state index is 4.40. The first-order valence-corrected chi connectivity index (χ1v) is 13.4. The lowest BCUT2D eigenvalue weighted by Gasteiger charge is -2.11. The molecular weight excluding hydrogens is 472 g/mol. The van der Waals surface area contributed by atoms with E-state index in [4.69, 9.17) is 0 Å². The third-order valence-corrected chi connectivity index (χ3v) is 8.40. The van der Waals surface area contributed by atoms with Crippen LogP contribution in [0.1, 0.15) is 0 Å². The van der Waals surface area contributed by atoms with Crippen LogP contribution in [-0.4, -0.2) is 9.55 Å². The van der Waals surface area contributed by atoms with Gasteiger partial charge in [-0.3, -0.25) is 4.98 Å². The predicted octanol–water partition coefficient (Wildman–Crippen LogP) is 9.80. The number of benzene rings is 6. The van der Waals surface area contributed by atoms with Crippen LogP contribution < -0.4 is 0 Å². The van der Waals surface area contributed by atoms with Gasteiger partial charge in [-0.05, 0) is 92.0 Å². The summed E-state index contributed by atoms with van der Waals surface area (Å²) < 4.78 is 2.39. The van der Waals surface area contributed by atoms with Crippen molar-refractivity contribution < 1.29 is 0 Å². The largest absolute Gasteiger partial charge is 0.309 e. The number of aromatic nitrogens is 2. The number of pyridine rings is 1. The highest BCUT2D eigenvalue weighted by molar-refractivity contribution is 6.20. The van der Waals surface area contributed by atoms with Crippen molar-refractivity contribution in [2.75, 3.05) is 0 Å². The molecule has 6 aromatic carbocycles. The predicted molar refractivity (Wildman–Crippen MR) is 163 cm³/mol. The molecule has 1 aliphatic rings. The van der Waals surface area contributed by atoms with E-state index in [-0.39, 0.29) is 0 Å². The van der Waals surface area contributed by atoms with E-state index >= 15 is 0 Å². The molecule has 0 saturated heterocycles. The number of para-hydroxylation sites is 1. The normalized spacial score (nSPS) is 12.1. The van der Waals surface area contributed by atoms with Crippen LogP contribution in [0.25, 0.3) is 82.4 Å². The van der Waals surface area contributed by atoms with Crippen LogP contribution in [0.2, 0.25) is 0 Å². The molecule has 0 atom stereocenters. The molecule has 0 unspecified atom stereocenters. The SMILES string of the molecule is c1ccc(-n2c3ccc(-c4ccc5c6c(cccc46)-c4ccccc4-5)cc3c3cc4cnccc4cc32)cc1. The third-order valence-electron chi connectivity index (χ3n) is 8.40. The molecule has 0 radical (unpaired) electrons. The average molecular weight is 495 g/mol. The quantitative estimate of drug-likeness (QED) is 0.234. The Morgan fingerprint density at radius 3 is 2.08 bits per heavy atom. The molecule has 0 N–H and O–H groups in total. The molecule has 0 amide bonds. The number of rotatable bonds is 2. The van der Waals surface area contributed by atoms with Gasteiger partial charge in [0.2, 0.25) is 0 Å². The summed E-state index contributed by atoms with van der Waals surface area (Å²) in [6, 6.07) is 44.4. The standard InChI is InChI=1S/C37H22N2/c1-2-7-26(8-3-1)39-35-16-13-24(19-33(35)34-20-25-22-38-18-17-23(25)21-36(34)39)27-14-15-32-29-10-5-4-9-28(29)31-12-6-11-30(27)37(31)32/h1-22H. The van der Waals surface area contributed by atoms with Crippen LogP contribution in [0.15, 0.2) is 134 Å². The summed E-state index contributed by atoms with van der Waals surface area (Å²) in [6.07, 6.45) is 3.83. The first-order chi connectivity index (χ1) is 19.3. The van der Waals surface area contributed by atoms with Gasteiger partial charge in [-0.25, -0.2) is 0 Å². The second-order valence-corrected chi connectivity index (χ2v) is 10.4. The zero-order chi connectivity index (χ0) is 25.5. The number of nitrogens with zero attached hydrogens (tertiary/aromatic N) is 2. The molecule has 9 rings (SSSR count). The average Bonchev–Trinajstić information content (AvgIpc) is 3.50. The van der Waals surface area contributed by atoms with Gasteiger partial charge in [-0.1, -0.05) is 78.9 Å². The van der Waals surface area contributed by atoms with Gasteiger partial charge in [-0.2, -0.15) is 0 Å². The molecule has 1 aliphatic carbocycles. The maximum Gasteiger partial charge on any atom is 0.0547 e. The van der Waals surface area contributed by atoms with Crippen LogP contribution in [0, 0.1) is 0 Å². The Labute approximate surface area is 225 Å². The molecule has 0 bridgehead atoms. The molecule has 2 aromatic heterocycles. The van der Waals surface area contributed by atoms with Crippen LogP contribution in [0.5, 0.6) is 0 Å². The van der Waals surface area contributed by atoms with Crippen molar-refractivity contribution >= 4 is 43.4 Å². The van der Waals surface area contributed by atoms with Crippen molar-refractivity contribution in [2.45, 2.75) is 0 Å². The molecule has 2 heterocycles. The first-order valence-electron chi connectivity index (χ1n) is 13.4. The fourth-order valence-electron chi connectivity index (χ4n) is 6.68. The minimum Gasteiger partial charge on any atom is -0.309 e. The third kappa shape index (κ3) is 2.83. The summed E-state index contributed by atoms with van der Waals surface area (Å²) >= 11 is 0. The monoisotopic (exact) mass is 494 g/mol. The fourth-order valence-corrected chi connectivity index (χ4v) is 6.68. The van der Waals surface area contributed by atoms with Crippen LogP contribution in [0.4, 0.5) is 0 Å². The summed E-state index contributed by atoms with van der Waals surface area (Å²) in [5, 5.41) is 7.52. The van der Waals surface area contributed by atoms with Gasteiger partial charge in [0.05, 0.1) is 11.0 Å². The Balaban J connectivity index is 1.35. The summed E-state index contributed by atoms with van der Waals surface area (Å²) in [6.45, 7) is 0. The van der Waals surface area contributed by atoms with Crippen molar-refractivity contribution in [1.82, 2.24) is 9.55 Å². The van der Waals surface area contributed by atoms with E-state index in [1.165, 1.54) is 77.0 Å². The first kappa shape index (κ1) is 20.8. The Kier molecular flexibility index (Phi) is 4.08. The molecule has 8 aromatic rings. The van der Waals surface area contributed by atoms with Crippen LogP contribution >= 0.6 is 0 Å². The molecule has 39 heavy (non-hydrogen) atoms. The molecule has 2 nitrogen and oxygen atoms in total. The van der Waals surface area contributed by atoms with Crippen molar-refractivity contribution in [1.29, 1.82) is 0 Å². The van der Waals surface area contributed by atoms with Gasteiger partial charge in [0.15, 0.2) is 0 Å². The Hall–Kier alpha value is -5.21. The number of hydrogen-bond acceptors (Lipinski definition) is 1. The van der Waals surface area contributed by atoms with Crippen molar-refractivity contribution in [3.8, 4) is 39.1 Å².